The number of carbonyl (C=O) groups is 1. The van der Waals surface area contributed by atoms with Gasteiger partial charge in [0, 0.05) is 6.42 Å². The van der Waals surface area contributed by atoms with E-state index in [9.17, 15) is 30.3 Å². The van der Waals surface area contributed by atoms with Crippen LogP contribution in [0.2, 0.25) is 0 Å². The fourth-order valence-electron chi connectivity index (χ4n) is 6.66. The first-order chi connectivity index (χ1) is 32.3. The van der Waals surface area contributed by atoms with Crippen molar-refractivity contribution in [2.24, 2.45) is 0 Å². The maximum atomic E-state index is 13.0. The molecule has 0 aliphatic carbocycles. The Morgan fingerprint density at radius 1 is 0.530 bits per heavy atom. The Balaban J connectivity index is 2.37. The second-order valence-electron chi connectivity index (χ2n) is 16.5. The van der Waals surface area contributed by atoms with Crippen LogP contribution in [0.25, 0.3) is 0 Å². The van der Waals surface area contributed by atoms with Crippen LogP contribution in [-0.2, 0) is 14.3 Å². The number of nitrogens with one attached hydrogen (secondary N) is 1. The molecule has 9 nitrogen and oxygen atoms in total. The molecule has 0 radical (unpaired) electrons. The van der Waals surface area contributed by atoms with Crippen molar-refractivity contribution >= 4 is 5.91 Å². The lowest BCUT2D eigenvalue weighted by atomic mass is 9.99. The topological polar surface area (TPSA) is 149 Å². The van der Waals surface area contributed by atoms with E-state index in [1.54, 1.807) is 6.08 Å². The zero-order chi connectivity index (χ0) is 48.0. The number of hydrogen-bond donors (Lipinski definition) is 6. The fraction of sp³-hybridized carbons (Fsp3) is 0.561. The Labute approximate surface area is 400 Å². The molecule has 0 spiro atoms. The first-order valence-electron chi connectivity index (χ1n) is 25.1. The molecule has 1 aliphatic rings. The van der Waals surface area contributed by atoms with Gasteiger partial charge in [-0.2, -0.15) is 0 Å². The first-order valence-corrected chi connectivity index (χ1v) is 25.1. The molecule has 1 saturated heterocycles. The zero-order valence-electron chi connectivity index (χ0n) is 40.6. The summed E-state index contributed by atoms with van der Waals surface area (Å²) < 4.78 is 11.2. The minimum absolute atomic E-state index is 0.240. The van der Waals surface area contributed by atoms with Crippen molar-refractivity contribution < 1.29 is 39.8 Å². The van der Waals surface area contributed by atoms with Gasteiger partial charge in [-0.3, -0.25) is 4.79 Å². The molecule has 0 aromatic heterocycles. The number of aliphatic hydroxyl groups is 5. The summed E-state index contributed by atoms with van der Waals surface area (Å²) in [4.78, 5) is 13.0. The van der Waals surface area contributed by atoms with Crippen molar-refractivity contribution in [1.82, 2.24) is 5.32 Å². The number of unbranched alkanes of at least 4 members (excludes halogenated alkanes) is 7. The smallest absolute Gasteiger partial charge is 0.220 e. The van der Waals surface area contributed by atoms with Crippen LogP contribution in [0.5, 0.6) is 0 Å². The summed E-state index contributed by atoms with van der Waals surface area (Å²) in [7, 11) is 0. The molecule has 9 heteroatoms. The van der Waals surface area contributed by atoms with E-state index in [0.717, 1.165) is 89.9 Å². The summed E-state index contributed by atoms with van der Waals surface area (Å²) in [6.07, 6.45) is 63.3. The first kappa shape index (κ1) is 60.1. The highest BCUT2D eigenvalue weighted by Crippen LogP contribution is 2.22. The molecule has 0 aromatic rings. The van der Waals surface area contributed by atoms with Gasteiger partial charge in [0.25, 0.3) is 0 Å². The second-order valence-corrected chi connectivity index (χ2v) is 16.5. The molecule has 0 saturated carbocycles. The Morgan fingerprint density at radius 2 is 0.955 bits per heavy atom. The molecule has 1 aliphatic heterocycles. The fourth-order valence-corrected chi connectivity index (χ4v) is 6.66. The van der Waals surface area contributed by atoms with Gasteiger partial charge in [-0.25, -0.2) is 0 Å². The summed E-state index contributed by atoms with van der Waals surface area (Å²) in [6.45, 7) is 3.55. The van der Waals surface area contributed by atoms with Crippen LogP contribution in [0.15, 0.2) is 146 Å². The predicted octanol–water partition coefficient (Wildman–Crippen LogP) is 11.6. The molecular formula is C57H89NO8. The van der Waals surface area contributed by atoms with Crippen LogP contribution >= 0.6 is 0 Å². The summed E-state index contributed by atoms with van der Waals surface area (Å²) in [5.74, 6) is -0.258. The van der Waals surface area contributed by atoms with E-state index in [2.05, 4.69) is 153 Å². The van der Waals surface area contributed by atoms with Crippen LogP contribution in [0.1, 0.15) is 149 Å². The SMILES string of the molecule is CC/C=C\C/C=C\C/C=C\C/C=C\C/C=C\C/C=C\C/C=C\C/C=C\C/C=C\CCCC(=O)NC(COC1OC(CO)C(O)C(O)C1O)C(O)/C=C/CC/C=C/CC/C=C/CCCCCC. The number of aliphatic hydroxyl groups excluding tert-OH is 5. The van der Waals surface area contributed by atoms with E-state index >= 15 is 0 Å². The number of carbonyl (C=O) groups excluding carboxylic acids is 1. The molecule has 0 aromatic carbocycles. The highest BCUT2D eigenvalue weighted by molar-refractivity contribution is 5.76. The molecule has 0 bridgehead atoms. The number of ether oxygens (including phenoxy) is 2. The van der Waals surface area contributed by atoms with Crippen molar-refractivity contribution in [1.29, 1.82) is 0 Å². The average Bonchev–Trinajstić information content (AvgIpc) is 3.32. The largest absolute Gasteiger partial charge is 0.394 e. The van der Waals surface area contributed by atoms with Crippen molar-refractivity contribution in [3.05, 3.63) is 146 Å². The van der Waals surface area contributed by atoms with E-state index in [1.165, 1.54) is 25.7 Å². The summed E-state index contributed by atoms with van der Waals surface area (Å²) in [5, 5.41) is 54.2. The van der Waals surface area contributed by atoms with Crippen LogP contribution < -0.4 is 5.32 Å². The number of allylic oxidation sites excluding steroid dienone is 23. The maximum Gasteiger partial charge on any atom is 0.220 e. The van der Waals surface area contributed by atoms with Crippen LogP contribution in [0.3, 0.4) is 0 Å². The maximum absolute atomic E-state index is 13.0. The quantitative estimate of drug-likeness (QED) is 0.0264. The van der Waals surface area contributed by atoms with Gasteiger partial charge < -0.3 is 40.3 Å². The van der Waals surface area contributed by atoms with E-state index in [0.29, 0.717) is 12.8 Å². The summed E-state index contributed by atoms with van der Waals surface area (Å²) in [5.41, 5.74) is 0. The van der Waals surface area contributed by atoms with Crippen LogP contribution in [0, 0.1) is 0 Å². The van der Waals surface area contributed by atoms with Crippen molar-refractivity contribution in [3.8, 4) is 0 Å². The lowest BCUT2D eigenvalue weighted by Gasteiger charge is -2.40. The van der Waals surface area contributed by atoms with Gasteiger partial charge in [0.2, 0.25) is 5.91 Å². The molecule has 7 unspecified atom stereocenters. The normalized spacial score (nSPS) is 21.1. The Kier molecular flexibility index (Phi) is 40.9. The van der Waals surface area contributed by atoms with Gasteiger partial charge in [-0.15, -0.1) is 0 Å². The summed E-state index contributed by atoms with van der Waals surface area (Å²) >= 11 is 0. The highest BCUT2D eigenvalue weighted by Gasteiger charge is 2.44. The molecule has 1 fully saturated rings. The van der Waals surface area contributed by atoms with E-state index < -0.39 is 49.5 Å². The van der Waals surface area contributed by atoms with Gasteiger partial charge in [0.1, 0.15) is 24.4 Å². The Bertz CT molecular complexity index is 1530. The molecule has 1 heterocycles. The van der Waals surface area contributed by atoms with Crippen molar-refractivity contribution in [2.45, 2.75) is 192 Å². The van der Waals surface area contributed by atoms with Gasteiger partial charge in [-0.1, -0.05) is 179 Å². The standard InChI is InChI=1S/C57H89NO8/c1-3-5-7-9-11-13-15-17-19-20-21-22-23-24-25-26-27-28-29-30-31-32-33-35-37-39-41-43-45-47-53(61)58-50(49-65-57-56(64)55(63)54(62)52(48-59)66-57)51(60)46-44-42-40-38-36-34-18-16-14-12-10-8-6-4-2/h5,7,11,13-14,16-17,19,21-22,24-25,27-28,30-31,33,35-36,38-39,41,44,46,50-52,54-57,59-60,62-64H,3-4,6,8-10,12,15,18,20,23,26,29,32,34,37,40,42-43,45,47-49H2,1-2H3,(H,58,61)/b7-5-,13-11-,16-14+,19-17-,22-21-,25-24-,28-27-,31-30-,35-33-,38-36+,41-39-,46-44+. The Hall–Kier alpha value is -3.93. The highest BCUT2D eigenvalue weighted by atomic mass is 16.7. The molecule has 66 heavy (non-hydrogen) atoms. The molecule has 6 N–H and O–H groups in total. The van der Waals surface area contributed by atoms with Crippen LogP contribution in [0.4, 0.5) is 0 Å². The molecule has 1 rings (SSSR count). The van der Waals surface area contributed by atoms with Gasteiger partial charge >= 0.3 is 0 Å². The third-order valence-electron chi connectivity index (χ3n) is 10.6. The van der Waals surface area contributed by atoms with Crippen molar-refractivity contribution in [2.75, 3.05) is 13.2 Å². The lowest BCUT2D eigenvalue weighted by Crippen LogP contribution is -2.60. The number of hydrogen-bond acceptors (Lipinski definition) is 8. The van der Waals surface area contributed by atoms with E-state index in [-0.39, 0.29) is 18.9 Å². The van der Waals surface area contributed by atoms with Gasteiger partial charge in [0.15, 0.2) is 6.29 Å². The molecular weight excluding hydrogens is 827 g/mol. The average molecular weight is 916 g/mol. The van der Waals surface area contributed by atoms with Gasteiger partial charge in [-0.05, 0) is 109 Å². The molecule has 7 atom stereocenters. The number of amides is 1. The van der Waals surface area contributed by atoms with E-state index in [4.69, 9.17) is 9.47 Å². The predicted molar refractivity (Wildman–Crippen MR) is 276 cm³/mol. The van der Waals surface area contributed by atoms with Crippen molar-refractivity contribution in [3.63, 3.8) is 0 Å². The minimum atomic E-state index is -1.59. The molecule has 370 valence electrons. The third kappa shape index (κ3) is 34.4. The van der Waals surface area contributed by atoms with E-state index in [1.807, 2.05) is 6.08 Å². The third-order valence-corrected chi connectivity index (χ3v) is 10.6. The summed E-state index contributed by atoms with van der Waals surface area (Å²) in [6, 6.07) is -0.870. The monoisotopic (exact) mass is 916 g/mol. The lowest BCUT2D eigenvalue weighted by molar-refractivity contribution is -0.302. The molecule has 1 amide bonds. The van der Waals surface area contributed by atoms with Gasteiger partial charge in [0.05, 0.1) is 25.4 Å². The zero-order valence-corrected chi connectivity index (χ0v) is 40.6. The minimum Gasteiger partial charge on any atom is -0.394 e. The second kappa shape index (κ2) is 44.9. The number of rotatable bonds is 39. The Morgan fingerprint density at radius 3 is 1.42 bits per heavy atom. The van der Waals surface area contributed by atoms with Crippen LogP contribution in [-0.4, -0.2) is 87.5 Å².